The Kier molecular flexibility index (Phi) is 4.13. The zero-order chi connectivity index (χ0) is 14.8. The number of aryl methyl sites for hydroxylation is 2. The fourth-order valence-electron chi connectivity index (χ4n) is 3.69. The van der Waals surface area contributed by atoms with E-state index in [0.29, 0.717) is 17.4 Å². The zero-order valence-electron chi connectivity index (χ0n) is 12.8. The van der Waals surface area contributed by atoms with Gasteiger partial charge in [-0.2, -0.15) is 0 Å². The van der Waals surface area contributed by atoms with E-state index in [9.17, 15) is 9.90 Å². The number of hydrogen-bond acceptors (Lipinski definition) is 3. The maximum atomic E-state index is 11.6. The van der Waals surface area contributed by atoms with Crippen molar-refractivity contribution in [2.45, 2.75) is 63.8 Å². The third-order valence-corrected chi connectivity index (χ3v) is 4.97. The van der Waals surface area contributed by atoms with Crippen LogP contribution in [0.3, 0.4) is 0 Å². The molecule has 1 aromatic heterocycles. The van der Waals surface area contributed by atoms with Crippen molar-refractivity contribution in [1.82, 2.24) is 4.98 Å². The molecule has 1 N–H and O–H groups in total. The van der Waals surface area contributed by atoms with Crippen LogP contribution in [0.1, 0.15) is 66.6 Å². The summed E-state index contributed by atoms with van der Waals surface area (Å²) in [6.07, 6.45) is 10.3. The molecule has 114 valence electrons. The van der Waals surface area contributed by atoms with Crippen molar-refractivity contribution < 1.29 is 9.90 Å². The van der Waals surface area contributed by atoms with Crippen LogP contribution in [0.2, 0.25) is 0 Å². The smallest absolute Gasteiger partial charge is 0.339 e. The number of pyridine rings is 1. The average molecular weight is 288 g/mol. The van der Waals surface area contributed by atoms with Crippen molar-refractivity contribution in [3.8, 4) is 0 Å². The van der Waals surface area contributed by atoms with Crippen molar-refractivity contribution in [2.24, 2.45) is 0 Å². The molecule has 4 heteroatoms. The molecule has 2 aliphatic carbocycles. The van der Waals surface area contributed by atoms with Crippen molar-refractivity contribution >= 4 is 11.8 Å². The van der Waals surface area contributed by atoms with E-state index in [1.165, 1.54) is 25.7 Å². The fraction of sp³-hybridized carbons (Fsp3) is 0.647. The molecule has 0 atom stereocenters. The Bertz CT molecular complexity index is 536. The summed E-state index contributed by atoms with van der Waals surface area (Å²) in [4.78, 5) is 18.5. The molecule has 21 heavy (non-hydrogen) atoms. The van der Waals surface area contributed by atoms with Crippen molar-refractivity contribution in [3.05, 3.63) is 22.9 Å². The first-order valence-electron chi connectivity index (χ1n) is 8.15. The summed E-state index contributed by atoms with van der Waals surface area (Å²) >= 11 is 0. The fourth-order valence-corrected chi connectivity index (χ4v) is 3.69. The van der Waals surface area contributed by atoms with E-state index >= 15 is 0 Å². The monoisotopic (exact) mass is 288 g/mol. The highest BCUT2D eigenvalue weighted by molar-refractivity contribution is 5.93. The minimum absolute atomic E-state index is 0.378. The number of aromatic nitrogens is 1. The van der Waals surface area contributed by atoms with E-state index in [1.54, 1.807) is 0 Å². The van der Waals surface area contributed by atoms with Crippen LogP contribution in [0.5, 0.6) is 0 Å². The lowest BCUT2D eigenvalue weighted by Crippen LogP contribution is -2.35. The van der Waals surface area contributed by atoms with Gasteiger partial charge in [0.2, 0.25) is 0 Å². The highest BCUT2D eigenvalue weighted by Gasteiger charge is 2.25. The maximum Gasteiger partial charge on any atom is 0.339 e. The van der Waals surface area contributed by atoms with Gasteiger partial charge in [0.05, 0.1) is 0 Å². The van der Waals surface area contributed by atoms with Crippen molar-refractivity contribution in [1.29, 1.82) is 0 Å². The minimum atomic E-state index is -0.853. The van der Waals surface area contributed by atoms with E-state index < -0.39 is 5.97 Å². The molecule has 0 amide bonds. The number of hydrogen-bond donors (Lipinski definition) is 1. The van der Waals surface area contributed by atoms with Crippen molar-refractivity contribution in [3.63, 3.8) is 0 Å². The lowest BCUT2D eigenvalue weighted by Gasteiger charge is -2.33. The summed E-state index contributed by atoms with van der Waals surface area (Å²) in [5.41, 5.74) is 2.63. The van der Waals surface area contributed by atoms with Crippen LogP contribution in [0.4, 0.5) is 5.82 Å². The standard InChI is InChI=1S/C17H24N2O2/c1-19(13-8-3-2-4-9-13)16-14(17(20)21)11-12-7-5-6-10-15(12)18-16/h11,13H,2-10H2,1H3,(H,20,21). The van der Waals surface area contributed by atoms with Gasteiger partial charge < -0.3 is 10.0 Å². The Morgan fingerprint density at radius 1 is 1.19 bits per heavy atom. The van der Waals surface area contributed by atoms with Gasteiger partial charge in [-0.1, -0.05) is 19.3 Å². The number of carboxylic acids is 1. The Labute approximate surface area is 126 Å². The number of rotatable bonds is 3. The summed E-state index contributed by atoms with van der Waals surface area (Å²) in [5.74, 6) is -0.177. The van der Waals surface area contributed by atoms with Crippen LogP contribution in [0, 0.1) is 0 Å². The summed E-state index contributed by atoms with van der Waals surface area (Å²) in [6, 6.07) is 2.31. The summed E-state index contributed by atoms with van der Waals surface area (Å²) in [5, 5.41) is 9.55. The summed E-state index contributed by atoms with van der Waals surface area (Å²) < 4.78 is 0. The van der Waals surface area contributed by atoms with Gasteiger partial charge in [0.15, 0.2) is 0 Å². The maximum absolute atomic E-state index is 11.6. The third-order valence-electron chi connectivity index (χ3n) is 4.97. The molecule has 1 saturated carbocycles. The molecule has 0 radical (unpaired) electrons. The second kappa shape index (κ2) is 6.04. The Hall–Kier alpha value is -1.58. The van der Waals surface area contributed by atoms with Crippen molar-refractivity contribution in [2.75, 3.05) is 11.9 Å². The van der Waals surface area contributed by atoms with Gasteiger partial charge >= 0.3 is 5.97 Å². The summed E-state index contributed by atoms with van der Waals surface area (Å²) in [6.45, 7) is 0. The average Bonchev–Trinajstić information content (AvgIpc) is 2.53. The zero-order valence-corrected chi connectivity index (χ0v) is 12.8. The van der Waals surface area contributed by atoms with Crippen LogP contribution in [-0.2, 0) is 12.8 Å². The second-order valence-electron chi connectivity index (χ2n) is 6.38. The van der Waals surface area contributed by atoms with Crippen LogP contribution in [0.15, 0.2) is 6.07 Å². The largest absolute Gasteiger partial charge is 0.478 e. The van der Waals surface area contributed by atoms with Crippen LogP contribution < -0.4 is 4.90 Å². The first-order chi connectivity index (χ1) is 10.2. The van der Waals surface area contributed by atoms with E-state index in [4.69, 9.17) is 4.98 Å². The molecule has 0 spiro atoms. The van der Waals surface area contributed by atoms with E-state index in [0.717, 1.165) is 43.4 Å². The predicted molar refractivity (Wildman–Crippen MR) is 83.1 cm³/mol. The molecule has 2 aliphatic rings. The quantitative estimate of drug-likeness (QED) is 0.926. The van der Waals surface area contributed by atoms with Gasteiger partial charge in [0, 0.05) is 18.8 Å². The molecule has 1 aromatic rings. The molecule has 0 aromatic carbocycles. The SMILES string of the molecule is CN(c1nc2c(cc1C(=O)O)CCCC2)C1CCCCC1. The molecule has 4 nitrogen and oxygen atoms in total. The molecular formula is C17H24N2O2. The molecule has 1 fully saturated rings. The number of carbonyl (C=O) groups is 1. The molecule has 0 unspecified atom stereocenters. The highest BCUT2D eigenvalue weighted by atomic mass is 16.4. The molecule has 0 aliphatic heterocycles. The second-order valence-corrected chi connectivity index (χ2v) is 6.38. The van der Waals surface area contributed by atoms with Gasteiger partial charge in [0.1, 0.15) is 11.4 Å². The van der Waals surface area contributed by atoms with Gasteiger partial charge in [-0.25, -0.2) is 9.78 Å². The first kappa shape index (κ1) is 14.4. The molecular weight excluding hydrogens is 264 g/mol. The molecule has 0 saturated heterocycles. The van der Waals surface area contributed by atoms with E-state index in [-0.39, 0.29) is 0 Å². The van der Waals surface area contributed by atoms with Crippen LogP contribution in [0.25, 0.3) is 0 Å². The molecule has 1 heterocycles. The number of carboxylic acid groups (broad SMARTS) is 1. The normalized spacial score (nSPS) is 19.1. The van der Waals surface area contributed by atoms with Gasteiger partial charge in [-0.3, -0.25) is 0 Å². The first-order valence-corrected chi connectivity index (χ1v) is 8.15. The topological polar surface area (TPSA) is 53.4 Å². The number of aromatic carboxylic acids is 1. The Morgan fingerprint density at radius 2 is 1.90 bits per heavy atom. The van der Waals surface area contributed by atoms with Crippen LogP contribution >= 0.6 is 0 Å². The highest BCUT2D eigenvalue weighted by Crippen LogP contribution is 2.30. The van der Waals surface area contributed by atoms with Crippen LogP contribution in [-0.4, -0.2) is 29.1 Å². The number of anilines is 1. The lowest BCUT2D eigenvalue weighted by molar-refractivity contribution is 0.0697. The Balaban J connectivity index is 1.96. The van der Waals surface area contributed by atoms with Gasteiger partial charge in [-0.15, -0.1) is 0 Å². The predicted octanol–water partition coefficient (Wildman–Crippen LogP) is 3.43. The minimum Gasteiger partial charge on any atom is -0.478 e. The third kappa shape index (κ3) is 2.89. The Morgan fingerprint density at radius 3 is 2.62 bits per heavy atom. The number of nitrogens with zero attached hydrogens (tertiary/aromatic N) is 2. The van der Waals surface area contributed by atoms with Gasteiger partial charge in [-0.05, 0) is 50.2 Å². The van der Waals surface area contributed by atoms with E-state index in [1.807, 2.05) is 13.1 Å². The van der Waals surface area contributed by atoms with E-state index in [2.05, 4.69) is 4.90 Å². The summed E-state index contributed by atoms with van der Waals surface area (Å²) in [7, 11) is 2.01. The number of fused-ring (bicyclic) bond motifs is 1. The molecule has 3 rings (SSSR count). The van der Waals surface area contributed by atoms with Gasteiger partial charge in [0.25, 0.3) is 0 Å². The lowest BCUT2D eigenvalue weighted by atomic mass is 9.92. The molecule has 0 bridgehead atoms.